The number of hydrogen-bond acceptors (Lipinski definition) is 2. The van der Waals surface area contributed by atoms with Crippen LogP contribution in [-0.2, 0) is 6.42 Å². The fourth-order valence-electron chi connectivity index (χ4n) is 1.14. The van der Waals surface area contributed by atoms with Crippen molar-refractivity contribution in [2.24, 2.45) is 0 Å². The highest BCUT2D eigenvalue weighted by Crippen LogP contribution is 2.06. The van der Waals surface area contributed by atoms with Crippen molar-refractivity contribution in [1.29, 1.82) is 0 Å². The zero-order chi connectivity index (χ0) is 10.1. The fourth-order valence-corrected chi connectivity index (χ4v) is 1.14. The molecule has 2 heteroatoms. The minimum atomic E-state index is 1.23. The van der Waals surface area contributed by atoms with Crippen molar-refractivity contribution in [2.45, 2.75) is 33.1 Å². The molecule has 0 aliphatic carbocycles. The second-order valence-electron chi connectivity index (χ2n) is 3.09. The molecule has 0 bridgehead atoms. The van der Waals surface area contributed by atoms with E-state index in [0.29, 0.717) is 0 Å². The Morgan fingerprint density at radius 1 is 1.08 bits per heavy atom. The third-order valence-corrected chi connectivity index (χ3v) is 1.94. The van der Waals surface area contributed by atoms with Crippen LogP contribution in [0.1, 0.15) is 30.9 Å². The van der Waals surface area contributed by atoms with Gasteiger partial charge in [0, 0.05) is 0 Å². The number of rotatable bonds is 3. The highest BCUT2D eigenvalue weighted by molar-refractivity contribution is 8.59. The van der Waals surface area contributed by atoms with Crippen LogP contribution in [0.25, 0.3) is 0 Å². The first-order valence-corrected chi connectivity index (χ1v) is 6.18. The lowest BCUT2D eigenvalue weighted by Crippen LogP contribution is -1.83. The summed E-state index contributed by atoms with van der Waals surface area (Å²) in [6.45, 7) is 4.36. The molecule has 0 saturated carbocycles. The molecular weight excluding hydrogens is 196 g/mol. The maximum atomic E-state index is 3.22. The van der Waals surface area contributed by atoms with E-state index in [1.165, 1.54) is 30.4 Å². The number of benzene rings is 1. The standard InChI is InChI=1S/C11H16.H2S2/c1-3-4-5-11-8-6-10(2)7-9-11;1-2/h6-9H,3-5H2,1-2H3;1-2H. The van der Waals surface area contributed by atoms with Gasteiger partial charge in [-0.2, -0.15) is 0 Å². The summed E-state index contributed by atoms with van der Waals surface area (Å²) in [7, 11) is 0. The molecule has 0 nitrogen and oxygen atoms in total. The molecule has 1 aromatic carbocycles. The van der Waals surface area contributed by atoms with Crippen LogP contribution >= 0.6 is 23.3 Å². The third kappa shape index (κ3) is 6.05. The summed E-state index contributed by atoms with van der Waals surface area (Å²) < 4.78 is 0. The second kappa shape index (κ2) is 8.52. The van der Waals surface area contributed by atoms with Gasteiger partial charge in [0.2, 0.25) is 0 Å². The van der Waals surface area contributed by atoms with Crippen molar-refractivity contribution in [1.82, 2.24) is 0 Å². The van der Waals surface area contributed by atoms with Gasteiger partial charge in [-0.15, -0.1) is 23.3 Å². The normalized spacial score (nSPS) is 8.92. The van der Waals surface area contributed by atoms with E-state index in [9.17, 15) is 0 Å². The van der Waals surface area contributed by atoms with Crippen molar-refractivity contribution in [3.05, 3.63) is 35.4 Å². The molecule has 13 heavy (non-hydrogen) atoms. The lowest BCUT2D eigenvalue weighted by molar-refractivity contribution is 0.795. The molecule has 0 fully saturated rings. The maximum absolute atomic E-state index is 3.22. The van der Waals surface area contributed by atoms with Crippen molar-refractivity contribution in [2.75, 3.05) is 0 Å². The van der Waals surface area contributed by atoms with Crippen molar-refractivity contribution < 1.29 is 0 Å². The summed E-state index contributed by atoms with van der Waals surface area (Å²) >= 11 is 6.44. The topological polar surface area (TPSA) is 0 Å². The Kier molecular flexibility index (Phi) is 8.46. The monoisotopic (exact) mass is 214 g/mol. The molecule has 0 heterocycles. The Balaban J connectivity index is 0.000000671. The molecule has 0 unspecified atom stereocenters. The van der Waals surface area contributed by atoms with Crippen molar-refractivity contribution in [3.8, 4) is 0 Å². The average Bonchev–Trinajstić information content (AvgIpc) is 2.20. The minimum absolute atomic E-state index is 1.23. The molecule has 0 aliphatic rings. The van der Waals surface area contributed by atoms with Gasteiger partial charge in [0.05, 0.1) is 0 Å². The van der Waals surface area contributed by atoms with E-state index in [4.69, 9.17) is 0 Å². The highest BCUT2D eigenvalue weighted by atomic mass is 33.1. The van der Waals surface area contributed by atoms with Gasteiger partial charge in [-0.05, 0) is 25.3 Å². The smallest absolute Gasteiger partial charge is 0.0279 e. The Bertz CT molecular complexity index is 204. The molecule has 0 amide bonds. The number of aryl methyl sites for hydroxylation is 2. The van der Waals surface area contributed by atoms with Crippen LogP contribution < -0.4 is 0 Å². The molecule has 0 aromatic heterocycles. The van der Waals surface area contributed by atoms with Gasteiger partial charge in [0.25, 0.3) is 0 Å². The molecule has 1 aromatic rings. The average molecular weight is 214 g/mol. The van der Waals surface area contributed by atoms with Crippen LogP contribution in [0.15, 0.2) is 24.3 Å². The van der Waals surface area contributed by atoms with Crippen molar-refractivity contribution in [3.63, 3.8) is 0 Å². The van der Waals surface area contributed by atoms with Crippen molar-refractivity contribution >= 4 is 23.3 Å². The largest absolute Gasteiger partial charge is 0.115 e. The van der Waals surface area contributed by atoms with Gasteiger partial charge in [0.15, 0.2) is 0 Å². The summed E-state index contributed by atoms with van der Waals surface area (Å²) in [5.41, 5.74) is 2.82. The van der Waals surface area contributed by atoms with E-state index in [1.54, 1.807) is 0 Å². The molecule has 0 saturated heterocycles. The Labute approximate surface area is 92.0 Å². The van der Waals surface area contributed by atoms with Gasteiger partial charge in [-0.25, -0.2) is 0 Å². The van der Waals surface area contributed by atoms with E-state index < -0.39 is 0 Å². The summed E-state index contributed by atoms with van der Waals surface area (Å²) in [5, 5.41) is 0. The molecule has 0 N–H and O–H groups in total. The predicted molar refractivity (Wildman–Crippen MR) is 67.8 cm³/mol. The molecular formula is C11H18S2. The fraction of sp³-hybridized carbons (Fsp3) is 0.455. The SMILES string of the molecule is CCCCc1ccc(C)cc1.SS. The first kappa shape index (κ1) is 12.9. The Morgan fingerprint density at radius 3 is 2.08 bits per heavy atom. The van der Waals surface area contributed by atoms with Crippen LogP contribution in [0.5, 0.6) is 0 Å². The van der Waals surface area contributed by atoms with E-state index in [0.717, 1.165) is 0 Å². The zero-order valence-electron chi connectivity index (χ0n) is 8.33. The van der Waals surface area contributed by atoms with Gasteiger partial charge in [-0.1, -0.05) is 43.2 Å². The number of thiol groups is 2. The van der Waals surface area contributed by atoms with E-state index in [2.05, 4.69) is 61.4 Å². The van der Waals surface area contributed by atoms with Crippen LogP contribution in [0.2, 0.25) is 0 Å². The van der Waals surface area contributed by atoms with Gasteiger partial charge >= 0.3 is 0 Å². The van der Waals surface area contributed by atoms with Gasteiger partial charge in [-0.3, -0.25) is 0 Å². The minimum Gasteiger partial charge on any atom is -0.115 e. The van der Waals surface area contributed by atoms with E-state index >= 15 is 0 Å². The number of hydrogen-bond donors (Lipinski definition) is 2. The number of unbranched alkanes of at least 4 members (excludes halogenated alkanes) is 1. The molecule has 1 rings (SSSR count). The Hall–Kier alpha value is -0.0800. The summed E-state index contributed by atoms with van der Waals surface area (Å²) in [6.07, 6.45) is 3.83. The highest BCUT2D eigenvalue weighted by Gasteiger charge is 1.90. The summed E-state index contributed by atoms with van der Waals surface area (Å²) in [4.78, 5) is 0. The lowest BCUT2D eigenvalue weighted by Gasteiger charge is -1.99. The quantitative estimate of drug-likeness (QED) is 0.549. The lowest BCUT2D eigenvalue weighted by atomic mass is 10.1. The first-order chi connectivity index (χ1) is 6.33. The van der Waals surface area contributed by atoms with Crippen LogP contribution in [0, 0.1) is 6.92 Å². The summed E-state index contributed by atoms with van der Waals surface area (Å²) in [5.74, 6) is 0. The molecule has 0 spiro atoms. The molecule has 0 radical (unpaired) electrons. The third-order valence-electron chi connectivity index (χ3n) is 1.94. The van der Waals surface area contributed by atoms with Crippen LogP contribution in [0.3, 0.4) is 0 Å². The van der Waals surface area contributed by atoms with E-state index in [1.807, 2.05) is 0 Å². The predicted octanol–water partition coefficient (Wildman–Crippen LogP) is 4.10. The Morgan fingerprint density at radius 2 is 1.62 bits per heavy atom. The molecule has 0 atom stereocenters. The summed E-state index contributed by atoms with van der Waals surface area (Å²) in [6, 6.07) is 8.83. The van der Waals surface area contributed by atoms with Crippen LogP contribution in [-0.4, -0.2) is 0 Å². The van der Waals surface area contributed by atoms with Gasteiger partial charge < -0.3 is 0 Å². The zero-order valence-corrected chi connectivity index (χ0v) is 10.1. The van der Waals surface area contributed by atoms with Gasteiger partial charge in [0.1, 0.15) is 0 Å². The molecule has 0 aliphatic heterocycles. The van der Waals surface area contributed by atoms with E-state index in [-0.39, 0.29) is 0 Å². The van der Waals surface area contributed by atoms with Crippen LogP contribution in [0.4, 0.5) is 0 Å². The molecule has 74 valence electrons. The maximum Gasteiger partial charge on any atom is -0.0279 e. The first-order valence-electron chi connectivity index (χ1n) is 4.58. The second-order valence-corrected chi connectivity index (χ2v) is 3.09.